The van der Waals surface area contributed by atoms with E-state index < -0.39 is 0 Å². The van der Waals surface area contributed by atoms with Crippen LogP contribution in [0.25, 0.3) is 0 Å². The Morgan fingerprint density at radius 1 is 1.58 bits per heavy atom. The smallest absolute Gasteiger partial charge is 0.266 e. The molecule has 0 aromatic carbocycles. The van der Waals surface area contributed by atoms with Gasteiger partial charge in [0.05, 0.1) is 11.9 Å². The first kappa shape index (κ1) is 8.97. The summed E-state index contributed by atoms with van der Waals surface area (Å²) in [5, 5.41) is 0. The second kappa shape index (κ2) is 3.52. The fraction of sp³-hybridized carbons (Fsp3) is 0.556. The van der Waals surface area contributed by atoms with Crippen molar-refractivity contribution in [3.05, 3.63) is 27.9 Å². The van der Waals surface area contributed by atoms with Crippen LogP contribution < -0.4 is 5.56 Å². The van der Waals surface area contributed by atoms with Gasteiger partial charge in [0.25, 0.3) is 5.56 Å². The van der Waals surface area contributed by atoms with Crippen molar-refractivity contribution in [2.45, 2.75) is 27.2 Å². The Morgan fingerprint density at radius 2 is 2.25 bits per heavy atom. The molecule has 0 aliphatic rings. The van der Waals surface area contributed by atoms with E-state index in [1.807, 2.05) is 6.92 Å². The molecule has 0 bridgehead atoms. The molecule has 1 aromatic rings. The lowest BCUT2D eigenvalue weighted by molar-refractivity contribution is 0.627. The van der Waals surface area contributed by atoms with E-state index in [1.165, 1.54) is 6.20 Å². The number of hydrogen-bond donors (Lipinski definition) is 1. The van der Waals surface area contributed by atoms with Crippen LogP contribution in [0.5, 0.6) is 0 Å². The van der Waals surface area contributed by atoms with Gasteiger partial charge in [0.2, 0.25) is 0 Å². The van der Waals surface area contributed by atoms with Gasteiger partial charge in [0, 0.05) is 5.69 Å². The molecule has 0 atom stereocenters. The fourth-order valence-electron chi connectivity index (χ4n) is 1.11. The van der Waals surface area contributed by atoms with E-state index in [0.29, 0.717) is 5.92 Å². The minimum absolute atomic E-state index is 0.115. The van der Waals surface area contributed by atoms with Crippen molar-refractivity contribution in [3.63, 3.8) is 0 Å². The van der Waals surface area contributed by atoms with Crippen molar-refractivity contribution in [2.24, 2.45) is 5.92 Å². The maximum atomic E-state index is 10.9. The summed E-state index contributed by atoms with van der Waals surface area (Å²) in [7, 11) is 0. The zero-order chi connectivity index (χ0) is 9.14. The number of aromatic amines is 1. The molecule has 0 amide bonds. The molecule has 3 heteroatoms. The van der Waals surface area contributed by atoms with E-state index in [0.717, 1.165) is 17.8 Å². The monoisotopic (exact) mass is 166 g/mol. The van der Waals surface area contributed by atoms with Crippen LogP contribution in [0.3, 0.4) is 0 Å². The summed E-state index contributed by atoms with van der Waals surface area (Å²) < 4.78 is 0. The molecule has 0 saturated carbocycles. The molecular weight excluding hydrogens is 152 g/mol. The van der Waals surface area contributed by atoms with Crippen molar-refractivity contribution < 1.29 is 0 Å². The highest BCUT2D eigenvalue weighted by molar-refractivity contribution is 5.08. The third-order valence-electron chi connectivity index (χ3n) is 1.70. The Morgan fingerprint density at radius 3 is 2.83 bits per heavy atom. The second-order valence-electron chi connectivity index (χ2n) is 3.41. The topological polar surface area (TPSA) is 45.8 Å². The fourth-order valence-corrected chi connectivity index (χ4v) is 1.11. The molecule has 0 aliphatic carbocycles. The summed E-state index contributed by atoms with van der Waals surface area (Å²) in [5.74, 6) is 0.545. The van der Waals surface area contributed by atoms with Crippen molar-refractivity contribution in [1.29, 1.82) is 0 Å². The average Bonchev–Trinajstić information content (AvgIpc) is 1.96. The minimum Gasteiger partial charge on any atom is -0.323 e. The maximum absolute atomic E-state index is 10.9. The quantitative estimate of drug-likeness (QED) is 0.719. The zero-order valence-electron chi connectivity index (χ0n) is 7.72. The number of nitrogens with zero attached hydrogens (tertiary/aromatic N) is 1. The number of aromatic nitrogens is 2. The molecule has 0 spiro atoms. The van der Waals surface area contributed by atoms with Crippen LogP contribution in [0.2, 0.25) is 0 Å². The van der Waals surface area contributed by atoms with E-state index >= 15 is 0 Å². The number of rotatable bonds is 2. The Kier molecular flexibility index (Phi) is 2.63. The molecule has 0 radical (unpaired) electrons. The van der Waals surface area contributed by atoms with Crippen LogP contribution in [0.1, 0.15) is 25.2 Å². The summed E-state index contributed by atoms with van der Waals surface area (Å²) >= 11 is 0. The summed E-state index contributed by atoms with van der Waals surface area (Å²) in [5.41, 5.74) is 1.76. The second-order valence-corrected chi connectivity index (χ2v) is 3.41. The van der Waals surface area contributed by atoms with Gasteiger partial charge in [-0.05, 0) is 19.3 Å². The Hall–Kier alpha value is -1.12. The van der Waals surface area contributed by atoms with Crippen molar-refractivity contribution >= 4 is 0 Å². The van der Waals surface area contributed by atoms with Gasteiger partial charge in [-0.15, -0.1) is 0 Å². The highest BCUT2D eigenvalue weighted by atomic mass is 16.1. The van der Waals surface area contributed by atoms with Gasteiger partial charge in [-0.25, -0.2) is 0 Å². The van der Waals surface area contributed by atoms with E-state index in [2.05, 4.69) is 23.8 Å². The highest BCUT2D eigenvalue weighted by Gasteiger charge is 2.02. The first-order valence-corrected chi connectivity index (χ1v) is 4.14. The van der Waals surface area contributed by atoms with Crippen LogP contribution in [-0.2, 0) is 6.42 Å². The molecular formula is C9H14N2O. The van der Waals surface area contributed by atoms with Crippen LogP contribution in [0, 0.1) is 12.8 Å². The van der Waals surface area contributed by atoms with Crippen LogP contribution in [0.15, 0.2) is 11.0 Å². The molecule has 1 heterocycles. The first-order chi connectivity index (χ1) is 5.59. The largest absolute Gasteiger partial charge is 0.323 e. The average molecular weight is 166 g/mol. The predicted molar refractivity (Wildman–Crippen MR) is 48.1 cm³/mol. The Labute approximate surface area is 71.9 Å². The Bertz CT molecular complexity index is 315. The van der Waals surface area contributed by atoms with Gasteiger partial charge in [0.15, 0.2) is 0 Å². The number of H-pyrrole nitrogens is 1. The predicted octanol–water partition coefficient (Wildman–Crippen LogP) is 1.28. The van der Waals surface area contributed by atoms with Gasteiger partial charge in [-0.3, -0.25) is 9.78 Å². The third-order valence-corrected chi connectivity index (χ3v) is 1.70. The number of aryl methyl sites for hydroxylation is 1. The highest BCUT2D eigenvalue weighted by Crippen LogP contribution is 2.05. The molecule has 0 fully saturated rings. The van der Waals surface area contributed by atoms with Crippen molar-refractivity contribution in [2.75, 3.05) is 0 Å². The maximum Gasteiger partial charge on any atom is 0.266 e. The summed E-state index contributed by atoms with van der Waals surface area (Å²) in [4.78, 5) is 17.7. The van der Waals surface area contributed by atoms with Crippen molar-refractivity contribution in [3.8, 4) is 0 Å². The number of hydrogen-bond acceptors (Lipinski definition) is 2. The lowest BCUT2D eigenvalue weighted by Crippen LogP contribution is -2.12. The molecule has 0 unspecified atom stereocenters. The van der Waals surface area contributed by atoms with Crippen molar-refractivity contribution in [1.82, 2.24) is 9.97 Å². The Balaban J connectivity index is 2.97. The third kappa shape index (κ3) is 2.19. The van der Waals surface area contributed by atoms with Gasteiger partial charge in [-0.2, -0.15) is 0 Å². The standard InChI is InChI=1S/C9H14N2O/c1-6(2)4-8-7(3)10-5-9(12)11-8/h5-6H,4H2,1-3H3,(H,11,12). The SMILES string of the molecule is Cc1ncc(=O)[nH]c1CC(C)C. The lowest BCUT2D eigenvalue weighted by atomic mass is 10.1. The van der Waals surface area contributed by atoms with E-state index in [9.17, 15) is 4.79 Å². The first-order valence-electron chi connectivity index (χ1n) is 4.14. The van der Waals surface area contributed by atoms with E-state index in [1.54, 1.807) is 0 Å². The lowest BCUT2D eigenvalue weighted by Gasteiger charge is -2.06. The summed E-state index contributed by atoms with van der Waals surface area (Å²) in [6, 6.07) is 0. The van der Waals surface area contributed by atoms with Crippen LogP contribution >= 0.6 is 0 Å². The molecule has 66 valence electrons. The number of nitrogens with one attached hydrogen (secondary N) is 1. The van der Waals surface area contributed by atoms with Gasteiger partial charge in [-0.1, -0.05) is 13.8 Å². The molecule has 1 aromatic heterocycles. The summed E-state index contributed by atoms with van der Waals surface area (Å²) in [6.07, 6.45) is 2.20. The molecule has 0 aliphatic heterocycles. The molecule has 1 N–H and O–H groups in total. The molecule has 0 saturated heterocycles. The van der Waals surface area contributed by atoms with Crippen LogP contribution in [0.4, 0.5) is 0 Å². The molecule has 1 rings (SSSR count). The van der Waals surface area contributed by atoms with Gasteiger partial charge >= 0.3 is 0 Å². The zero-order valence-corrected chi connectivity index (χ0v) is 7.72. The van der Waals surface area contributed by atoms with Gasteiger partial charge in [0.1, 0.15) is 0 Å². The van der Waals surface area contributed by atoms with E-state index in [-0.39, 0.29) is 5.56 Å². The van der Waals surface area contributed by atoms with E-state index in [4.69, 9.17) is 0 Å². The van der Waals surface area contributed by atoms with Gasteiger partial charge < -0.3 is 4.98 Å². The summed E-state index contributed by atoms with van der Waals surface area (Å²) in [6.45, 7) is 6.14. The minimum atomic E-state index is -0.115. The normalized spacial score (nSPS) is 10.7. The molecule has 12 heavy (non-hydrogen) atoms. The molecule has 3 nitrogen and oxygen atoms in total. The van der Waals surface area contributed by atoms with Crippen LogP contribution in [-0.4, -0.2) is 9.97 Å².